The molecular formula is C34H20F12N4O6S2. The molecule has 2 aliphatic rings. The summed E-state index contributed by atoms with van der Waals surface area (Å²) in [5.74, 6) is -11.1. The van der Waals surface area contributed by atoms with Crippen molar-refractivity contribution in [1.82, 2.24) is 0 Å². The van der Waals surface area contributed by atoms with Crippen molar-refractivity contribution in [2.24, 2.45) is 0 Å². The third-order valence-electron chi connectivity index (χ3n) is 8.45. The third-order valence-corrected chi connectivity index (χ3v) is 11.7. The van der Waals surface area contributed by atoms with Gasteiger partial charge in [0, 0.05) is 47.2 Å². The minimum atomic E-state index is -5.56. The quantitative estimate of drug-likeness (QED) is 0.138. The normalized spacial score (nSPS) is 19.9. The molecule has 2 unspecified atom stereocenters. The predicted molar refractivity (Wildman–Crippen MR) is 173 cm³/mol. The highest BCUT2D eigenvalue weighted by atomic mass is 32.2. The molecule has 2 aliphatic carbocycles. The van der Waals surface area contributed by atoms with Crippen LogP contribution in [0, 0.1) is 43.9 Å². The molecular weight excluding hydrogens is 853 g/mol. The molecule has 4 N–H and O–H groups in total. The zero-order valence-corrected chi connectivity index (χ0v) is 29.7. The lowest BCUT2D eigenvalue weighted by atomic mass is 10.1. The number of hydrogen-bond donors (Lipinski definition) is 4. The maximum absolute atomic E-state index is 14.1. The molecule has 6 rings (SSSR count). The highest BCUT2D eigenvalue weighted by molar-refractivity contribution is 7.93. The Kier molecular flexibility index (Phi) is 11.0. The Morgan fingerprint density at radius 3 is 1.26 bits per heavy atom. The first kappa shape index (κ1) is 43.6. The van der Waals surface area contributed by atoms with Crippen molar-refractivity contribution >= 4 is 19.5 Å². The Hall–Kier alpha value is -5.56. The summed E-state index contributed by atoms with van der Waals surface area (Å²) in [4.78, 5) is -2.59. The number of benzene rings is 4. The van der Waals surface area contributed by atoms with Gasteiger partial charge in [-0.3, -0.25) is 0 Å². The second-order valence-electron chi connectivity index (χ2n) is 12.4. The van der Waals surface area contributed by atoms with Crippen molar-refractivity contribution in [3.8, 4) is 35.1 Å². The minimum Gasteiger partial charge on any atom is -0.457 e. The lowest BCUT2D eigenvalue weighted by Crippen LogP contribution is -2.26. The van der Waals surface area contributed by atoms with Gasteiger partial charge < -0.3 is 19.7 Å². The molecule has 4 aromatic carbocycles. The minimum absolute atomic E-state index is 0.162. The van der Waals surface area contributed by atoms with Crippen molar-refractivity contribution in [1.29, 1.82) is 20.1 Å². The topological polar surface area (TPSA) is 188 Å². The number of rotatable bonds is 6. The molecule has 0 heterocycles. The van der Waals surface area contributed by atoms with Crippen molar-refractivity contribution in [3.63, 3.8) is 0 Å². The van der Waals surface area contributed by atoms with Crippen molar-refractivity contribution in [3.05, 3.63) is 106 Å². The maximum atomic E-state index is 14.1. The highest BCUT2D eigenvalue weighted by Crippen LogP contribution is 2.53. The lowest BCUT2D eigenvalue weighted by Gasteiger charge is -2.19. The number of aliphatic hydroxyl groups is 2. The number of hydrogen-bond acceptors (Lipinski definition) is 10. The third kappa shape index (κ3) is 7.96. The molecule has 0 fully saturated rings. The smallest absolute Gasteiger partial charge is 0.457 e. The Labute approximate surface area is 318 Å². The molecule has 4 atom stereocenters. The summed E-state index contributed by atoms with van der Waals surface area (Å²) in [6, 6.07) is 11.4. The van der Waals surface area contributed by atoms with Crippen LogP contribution >= 0.6 is 0 Å². The number of halogens is 12. The van der Waals surface area contributed by atoms with Crippen molar-refractivity contribution < 1.29 is 80.8 Å². The van der Waals surface area contributed by atoms with Gasteiger partial charge in [-0.1, -0.05) is 0 Å². The first-order valence-electron chi connectivity index (χ1n) is 15.5. The molecule has 0 saturated carbocycles. The summed E-state index contributed by atoms with van der Waals surface area (Å²) in [6.45, 7) is 0. The van der Waals surface area contributed by atoms with Crippen LogP contribution in [0.25, 0.3) is 0 Å². The summed E-state index contributed by atoms with van der Waals surface area (Å²) in [5, 5.41) is 37.4. The van der Waals surface area contributed by atoms with E-state index in [9.17, 15) is 71.3 Å². The zero-order chi connectivity index (χ0) is 43.6. The van der Waals surface area contributed by atoms with Crippen LogP contribution < -0.4 is 9.47 Å². The number of ether oxygens (including phenoxy) is 2. The van der Waals surface area contributed by atoms with E-state index >= 15 is 0 Å². The van der Waals surface area contributed by atoms with E-state index in [1.807, 2.05) is 0 Å². The van der Waals surface area contributed by atoms with Crippen molar-refractivity contribution in [2.45, 2.75) is 57.7 Å². The van der Waals surface area contributed by atoms with E-state index in [0.717, 1.165) is 48.5 Å². The molecule has 0 aliphatic heterocycles. The number of fused-ring (bicyclic) bond motifs is 2. The number of nitrogens with one attached hydrogen (secondary N) is 2. The van der Waals surface area contributed by atoms with Crippen LogP contribution in [0.1, 0.15) is 45.6 Å². The predicted octanol–water partition coefficient (Wildman–Crippen LogP) is 9.28. The maximum Gasteiger partial charge on any atom is 0.483 e. The van der Waals surface area contributed by atoms with Crippen LogP contribution in [0.4, 0.5) is 52.7 Å². The summed E-state index contributed by atoms with van der Waals surface area (Å²) in [5.41, 5.74) is -14.7. The SMILES string of the molecule is N#Cc1cc(F)cc(Oc2ccc(S(=N)(=O)C(F)(F)F)c3c2CC(F)(F)[C@H]3O)c1.N#Cc1cc(F)cc(Oc2ccc(S(=N)(=O)C(F)(F)F)c3c2CC(F)(F)[C@H]3O)c1. The average Bonchev–Trinajstić information content (AvgIpc) is 3.50. The fraction of sp³-hybridized carbons (Fsp3) is 0.235. The largest absolute Gasteiger partial charge is 0.483 e. The van der Waals surface area contributed by atoms with E-state index in [-0.39, 0.29) is 22.6 Å². The standard InChI is InChI=1S/2C17H10F6N2O3S/c2*18-9-3-8(7-24)4-10(5-9)28-12-1-2-13(29(25,27)17(21,22)23)14-11(12)6-16(19,20)15(14)26/h2*1-5,15,25-26H,6H2/t2*15-,29?/m00/s1. The van der Waals surface area contributed by atoms with E-state index in [4.69, 9.17) is 29.6 Å². The molecule has 10 nitrogen and oxygen atoms in total. The van der Waals surface area contributed by atoms with Crippen LogP contribution in [-0.2, 0) is 32.3 Å². The Morgan fingerprint density at radius 2 is 0.966 bits per heavy atom. The molecule has 0 aromatic heterocycles. The first-order valence-corrected chi connectivity index (χ1v) is 18.6. The summed E-state index contributed by atoms with van der Waals surface area (Å²) >= 11 is 0. The monoisotopic (exact) mass is 872 g/mol. The average molecular weight is 873 g/mol. The lowest BCUT2D eigenvalue weighted by molar-refractivity contribution is -0.0979. The summed E-state index contributed by atoms with van der Waals surface area (Å²) in [7, 11) is -11.1. The van der Waals surface area contributed by atoms with E-state index in [1.54, 1.807) is 12.1 Å². The van der Waals surface area contributed by atoms with Gasteiger partial charge in [0.1, 0.15) is 46.8 Å². The molecule has 0 spiro atoms. The van der Waals surface area contributed by atoms with Crippen LogP contribution in [0.5, 0.6) is 23.0 Å². The van der Waals surface area contributed by atoms with Crippen LogP contribution in [-0.4, -0.2) is 41.5 Å². The van der Waals surface area contributed by atoms with E-state index in [1.165, 1.54) is 0 Å². The highest BCUT2D eigenvalue weighted by Gasteiger charge is 2.55. The molecule has 58 heavy (non-hydrogen) atoms. The Morgan fingerprint density at radius 1 is 0.638 bits per heavy atom. The van der Waals surface area contributed by atoms with Gasteiger partial charge in [0.15, 0.2) is 19.5 Å². The van der Waals surface area contributed by atoms with Gasteiger partial charge in [0.05, 0.1) is 33.1 Å². The van der Waals surface area contributed by atoms with Gasteiger partial charge in [-0.05, 0) is 48.5 Å². The van der Waals surface area contributed by atoms with Gasteiger partial charge in [-0.15, -0.1) is 0 Å². The second kappa shape index (κ2) is 14.7. The Bertz CT molecular complexity index is 2460. The molecule has 0 saturated heterocycles. The van der Waals surface area contributed by atoms with Gasteiger partial charge in [-0.25, -0.2) is 44.3 Å². The van der Waals surface area contributed by atoms with Crippen LogP contribution in [0.2, 0.25) is 0 Å². The molecule has 0 amide bonds. The van der Waals surface area contributed by atoms with Crippen LogP contribution in [0.15, 0.2) is 70.5 Å². The van der Waals surface area contributed by atoms with E-state index in [0.29, 0.717) is 12.1 Å². The number of aliphatic hydroxyl groups excluding tert-OH is 2. The number of nitrogens with zero attached hydrogens (tertiary/aromatic N) is 2. The molecule has 24 heteroatoms. The first-order chi connectivity index (χ1) is 26.6. The number of alkyl halides is 10. The van der Waals surface area contributed by atoms with Crippen LogP contribution in [0.3, 0.4) is 0 Å². The van der Waals surface area contributed by atoms with Gasteiger partial charge in [0.25, 0.3) is 11.8 Å². The fourth-order valence-electron chi connectivity index (χ4n) is 5.87. The van der Waals surface area contributed by atoms with Crippen molar-refractivity contribution in [2.75, 3.05) is 0 Å². The van der Waals surface area contributed by atoms with Gasteiger partial charge in [0.2, 0.25) is 0 Å². The zero-order valence-electron chi connectivity index (χ0n) is 28.1. The molecule has 308 valence electrons. The van der Waals surface area contributed by atoms with E-state index in [2.05, 4.69) is 0 Å². The van der Waals surface area contributed by atoms with Gasteiger partial charge >= 0.3 is 11.0 Å². The Balaban J connectivity index is 0.000000221. The second-order valence-corrected chi connectivity index (χ2v) is 16.4. The van der Waals surface area contributed by atoms with E-state index < -0.39 is 123 Å². The molecule has 0 radical (unpaired) electrons. The number of nitriles is 2. The molecule has 0 bridgehead atoms. The fourth-order valence-corrected chi connectivity index (χ4v) is 7.97. The van der Waals surface area contributed by atoms with Gasteiger partial charge in [-0.2, -0.15) is 36.9 Å². The summed E-state index contributed by atoms with van der Waals surface area (Å²) < 4.78 is 210. The molecule has 4 aromatic rings. The summed E-state index contributed by atoms with van der Waals surface area (Å²) in [6.07, 6.45) is -7.99.